The maximum absolute atomic E-state index is 12.9. The van der Waals surface area contributed by atoms with Gasteiger partial charge in [-0.25, -0.2) is 9.67 Å². The number of alkyl halides is 3. The van der Waals surface area contributed by atoms with Crippen LogP contribution < -0.4 is 0 Å². The molecule has 1 heterocycles. The molecule has 0 amide bonds. The third kappa shape index (κ3) is 2.20. The Balaban J connectivity index is 2.63. The van der Waals surface area contributed by atoms with Gasteiger partial charge in [0.1, 0.15) is 12.7 Å². The lowest BCUT2D eigenvalue weighted by Gasteiger charge is -2.13. The van der Waals surface area contributed by atoms with Gasteiger partial charge in [0.05, 0.1) is 11.3 Å². The number of hydrogen-bond acceptors (Lipinski definition) is 2. The molecule has 0 fully saturated rings. The van der Waals surface area contributed by atoms with Crippen molar-refractivity contribution in [1.29, 1.82) is 0 Å². The van der Waals surface area contributed by atoms with Crippen LogP contribution in [0.3, 0.4) is 0 Å². The molecule has 2 rings (SSSR count). The predicted octanol–water partition coefficient (Wildman–Crippen LogP) is 2.93. The summed E-state index contributed by atoms with van der Waals surface area (Å²) in [4.78, 5) is 3.63. The Bertz CT molecular complexity index is 529. The summed E-state index contributed by atoms with van der Waals surface area (Å²) in [6.07, 6.45) is -0.680. The highest BCUT2D eigenvalue weighted by atomic mass is 19.4. The molecule has 3 nitrogen and oxygen atoms in total. The highest BCUT2D eigenvalue weighted by Crippen LogP contribution is 2.34. The summed E-state index contributed by atoms with van der Waals surface area (Å²) in [6.45, 7) is 3.44. The zero-order valence-corrected chi connectivity index (χ0v) is 8.65. The van der Waals surface area contributed by atoms with Gasteiger partial charge in [-0.3, -0.25) is 0 Å². The van der Waals surface area contributed by atoms with Crippen LogP contribution >= 0.6 is 0 Å². The molecular weight excluding hydrogens is 231 g/mol. The first-order valence-electron chi connectivity index (χ1n) is 4.71. The molecule has 17 heavy (non-hydrogen) atoms. The van der Waals surface area contributed by atoms with E-state index in [1.807, 2.05) is 0 Å². The largest absolute Gasteiger partial charge is 0.418 e. The van der Waals surface area contributed by atoms with E-state index in [4.69, 9.17) is 0 Å². The van der Waals surface area contributed by atoms with E-state index >= 15 is 0 Å². The van der Waals surface area contributed by atoms with Crippen molar-refractivity contribution in [2.24, 2.45) is 0 Å². The first kappa shape index (κ1) is 11.4. The second-order valence-corrected chi connectivity index (χ2v) is 3.32. The Morgan fingerprint density at radius 1 is 1.29 bits per heavy atom. The van der Waals surface area contributed by atoms with E-state index in [9.17, 15) is 13.2 Å². The van der Waals surface area contributed by atoms with Gasteiger partial charge in [0, 0.05) is 0 Å². The number of rotatable bonds is 2. The highest BCUT2D eigenvalue weighted by Gasteiger charge is 2.34. The lowest BCUT2D eigenvalue weighted by atomic mass is 10.1. The van der Waals surface area contributed by atoms with Crippen LogP contribution in [-0.2, 0) is 6.18 Å². The van der Waals surface area contributed by atoms with E-state index in [2.05, 4.69) is 16.7 Å². The topological polar surface area (TPSA) is 30.7 Å². The SMILES string of the molecule is C=Cc1ccc(-n2cncn2)c(C(F)(F)F)c1. The van der Waals surface area contributed by atoms with Gasteiger partial charge in [-0.05, 0) is 17.7 Å². The van der Waals surface area contributed by atoms with E-state index in [0.717, 1.165) is 10.7 Å². The Morgan fingerprint density at radius 2 is 2.06 bits per heavy atom. The van der Waals surface area contributed by atoms with Gasteiger partial charge in [0.25, 0.3) is 0 Å². The van der Waals surface area contributed by atoms with E-state index in [1.165, 1.54) is 24.8 Å². The summed E-state index contributed by atoms with van der Waals surface area (Å²) in [6, 6.07) is 3.91. The van der Waals surface area contributed by atoms with Crippen LogP contribution in [0.2, 0.25) is 0 Å². The standard InChI is InChI=1S/C11H8F3N3/c1-2-8-3-4-10(17-7-15-6-16-17)9(5-8)11(12,13)14/h2-7H,1H2. The molecule has 6 heteroatoms. The fourth-order valence-electron chi connectivity index (χ4n) is 1.44. The fourth-order valence-corrected chi connectivity index (χ4v) is 1.44. The second-order valence-electron chi connectivity index (χ2n) is 3.32. The molecule has 1 aromatic heterocycles. The van der Waals surface area contributed by atoms with E-state index < -0.39 is 11.7 Å². The average molecular weight is 239 g/mol. The smallest absolute Gasteiger partial charge is 0.223 e. The number of halogens is 3. The van der Waals surface area contributed by atoms with Gasteiger partial charge in [-0.15, -0.1) is 0 Å². The molecule has 0 aliphatic rings. The zero-order chi connectivity index (χ0) is 12.5. The molecule has 1 aromatic carbocycles. The Kier molecular flexibility index (Phi) is 2.71. The predicted molar refractivity (Wildman–Crippen MR) is 56.5 cm³/mol. The molecule has 0 aliphatic heterocycles. The van der Waals surface area contributed by atoms with Crippen molar-refractivity contribution in [1.82, 2.24) is 14.8 Å². The fraction of sp³-hybridized carbons (Fsp3) is 0.0909. The van der Waals surface area contributed by atoms with E-state index in [1.54, 1.807) is 6.07 Å². The van der Waals surface area contributed by atoms with Crippen LogP contribution in [0.1, 0.15) is 11.1 Å². The van der Waals surface area contributed by atoms with Crippen LogP contribution in [0, 0.1) is 0 Å². The minimum Gasteiger partial charge on any atom is -0.223 e. The number of aromatic nitrogens is 3. The second kappa shape index (κ2) is 4.04. The first-order valence-corrected chi connectivity index (χ1v) is 4.71. The molecule has 0 unspecified atom stereocenters. The lowest BCUT2D eigenvalue weighted by molar-refractivity contribution is -0.137. The maximum Gasteiger partial charge on any atom is 0.418 e. The van der Waals surface area contributed by atoms with Crippen molar-refractivity contribution in [3.8, 4) is 5.69 Å². The minimum atomic E-state index is -4.44. The van der Waals surface area contributed by atoms with Crippen LogP contribution in [-0.4, -0.2) is 14.8 Å². The number of benzene rings is 1. The van der Waals surface area contributed by atoms with Crippen LogP contribution in [0.5, 0.6) is 0 Å². The number of nitrogens with zero attached hydrogens (tertiary/aromatic N) is 3. The maximum atomic E-state index is 12.9. The van der Waals surface area contributed by atoms with Crippen molar-refractivity contribution in [3.63, 3.8) is 0 Å². The van der Waals surface area contributed by atoms with Gasteiger partial charge in [-0.2, -0.15) is 18.3 Å². The highest BCUT2D eigenvalue weighted by molar-refractivity contribution is 5.54. The number of hydrogen-bond donors (Lipinski definition) is 0. The van der Waals surface area contributed by atoms with Crippen LogP contribution in [0.25, 0.3) is 11.8 Å². The average Bonchev–Trinajstić information content (AvgIpc) is 2.80. The molecule has 0 bridgehead atoms. The van der Waals surface area contributed by atoms with Gasteiger partial charge < -0.3 is 0 Å². The van der Waals surface area contributed by atoms with Crippen molar-refractivity contribution in [2.45, 2.75) is 6.18 Å². The third-order valence-corrected chi connectivity index (χ3v) is 2.23. The van der Waals surface area contributed by atoms with Crippen molar-refractivity contribution < 1.29 is 13.2 Å². The van der Waals surface area contributed by atoms with Gasteiger partial charge in [0.15, 0.2) is 0 Å². The molecule has 88 valence electrons. The molecule has 0 saturated carbocycles. The molecule has 0 spiro atoms. The molecule has 0 N–H and O–H groups in total. The summed E-state index contributed by atoms with van der Waals surface area (Å²) in [5, 5.41) is 3.70. The molecule has 0 saturated heterocycles. The van der Waals surface area contributed by atoms with Crippen LogP contribution in [0.4, 0.5) is 13.2 Å². The zero-order valence-electron chi connectivity index (χ0n) is 8.65. The lowest BCUT2D eigenvalue weighted by Crippen LogP contribution is -2.11. The third-order valence-electron chi connectivity index (χ3n) is 2.23. The summed E-state index contributed by atoms with van der Waals surface area (Å²) in [5.74, 6) is 0. The summed E-state index contributed by atoms with van der Waals surface area (Å²) < 4.78 is 39.7. The van der Waals surface area contributed by atoms with Crippen molar-refractivity contribution in [2.75, 3.05) is 0 Å². The molecular formula is C11H8F3N3. The Labute approximate surface area is 95.2 Å². The van der Waals surface area contributed by atoms with E-state index in [-0.39, 0.29) is 5.69 Å². The molecule has 0 aliphatic carbocycles. The molecule has 0 radical (unpaired) electrons. The Hall–Kier alpha value is -2.11. The van der Waals surface area contributed by atoms with Crippen LogP contribution in [0.15, 0.2) is 37.4 Å². The Morgan fingerprint density at radius 3 is 2.59 bits per heavy atom. The van der Waals surface area contributed by atoms with Crippen molar-refractivity contribution >= 4 is 6.08 Å². The molecule has 2 aromatic rings. The summed E-state index contributed by atoms with van der Waals surface area (Å²) in [7, 11) is 0. The first-order chi connectivity index (χ1) is 8.02. The summed E-state index contributed by atoms with van der Waals surface area (Å²) >= 11 is 0. The normalized spacial score (nSPS) is 11.5. The van der Waals surface area contributed by atoms with Gasteiger partial charge >= 0.3 is 6.18 Å². The minimum absolute atomic E-state index is 0.0550. The van der Waals surface area contributed by atoms with Crippen molar-refractivity contribution in [3.05, 3.63) is 48.6 Å². The monoisotopic (exact) mass is 239 g/mol. The van der Waals surface area contributed by atoms with Gasteiger partial charge in [-0.1, -0.05) is 18.7 Å². The molecule has 0 atom stereocenters. The quantitative estimate of drug-likeness (QED) is 0.806. The summed E-state index contributed by atoms with van der Waals surface area (Å²) in [5.41, 5.74) is -0.415. The van der Waals surface area contributed by atoms with E-state index in [0.29, 0.717) is 5.56 Å². The van der Waals surface area contributed by atoms with Gasteiger partial charge in [0.2, 0.25) is 0 Å².